The van der Waals surface area contributed by atoms with E-state index in [1.807, 2.05) is 32.0 Å². The van der Waals surface area contributed by atoms with Crippen LogP contribution in [0.15, 0.2) is 18.2 Å². The molecule has 0 atom stereocenters. The van der Waals surface area contributed by atoms with E-state index in [9.17, 15) is 0 Å². The summed E-state index contributed by atoms with van der Waals surface area (Å²) < 4.78 is 23.3. The Hall–Kier alpha value is -1.48. The summed E-state index contributed by atoms with van der Waals surface area (Å²) in [5.74, 6) is 6.63. The normalized spacial score (nSPS) is 18.7. The Morgan fingerprint density at radius 2 is 2.00 bits per heavy atom. The van der Waals surface area contributed by atoms with Gasteiger partial charge in [-0.1, -0.05) is 25.8 Å². The SMILES string of the molecule is CC#Cc1ccc(B2OCC(C)(C)C(C)(C)O2)c(OCOCC)c1. The highest BCUT2D eigenvalue weighted by Crippen LogP contribution is 2.38. The average Bonchev–Trinajstić information content (AvgIpc) is 2.51. The maximum Gasteiger partial charge on any atom is 0.498 e. The van der Waals surface area contributed by atoms with Gasteiger partial charge in [0, 0.05) is 29.7 Å². The second-order valence-corrected chi connectivity index (χ2v) is 7.04. The minimum atomic E-state index is -0.465. The van der Waals surface area contributed by atoms with Crippen molar-refractivity contribution in [3.05, 3.63) is 23.8 Å². The first kappa shape index (κ1) is 18.9. The largest absolute Gasteiger partial charge is 0.498 e. The van der Waals surface area contributed by atoms with E-state index in [0.29, 0.717) is 19.0 Å². The fourth-order valence-corrected chi connectivity index (χ4v) is 2.34. The van der Waals surface area contributed by atoms with Gasteiger partial charge in [0.25, 0.3) is 0 Å². The minimum Gasteiger partial charge on any atom is -0.468 e. The third-order valence-corrected chi connectivity index (χ3v) is 4.67. The summed E-state index contributed by atoms with van der Waals surface area (Å²) in [6.45, 7) is 13.6. The second-order valence-electron chi connectivity index (χ2n) is 7.04. The molecule has 0 N–H and O–H groups in total. The quantitative estimate of drug-likeness (QED) is 0.360. The Morgan fingerprint density at radius 1 is 1.25 bits per heavy atom. The molecule has 1 heterocycles. The van der Waals surface area contributed by atoms with Crippen LogP contribution in [-0.4, -0.2) is 32.7 Å². The topological polar surface area (TPSA) is 36.9 Å². The van der Waals surface area contributed by atoms with Crippen LogP contribution in [0.25, 0.3) is 0 Å². The highest BCUT2D eigenvalue weighted by Gasteiger charge is 2.47. The van der Waals surface area contributed by atoms with Crippen molar-refractivity contribution in [3.63, 3.8) is 0 Å². The standard InChI is InChI=1S/C19H27BO4/c1-7-9-15-10-11-16(17(12-15)22-14-21-8-2)20-23-13-18(3,4)19(5,6)24-20/h10-12H,8,13-14H2,1-6H3. The summed E-state index contributed by atoms with van der Waals surface area (Å²) in [5, 5.41) is 0. The number of benzene rings is 1. The Morgan fingerprint density at radius 3 is 2.62 bits per heavy atom. The monoisotopic (exact) mass is 330 g/mol. The van der Waals surface area contributed by atoms with Crippen LogP contribution in [0.5, 0.6) is 5.75 Å². The summed E-state index contributed by atoms with van der Waals surface area (Å²) in [4.78, 5) is 0. The lowest BCUT2D eigenvalue weighted by Crippen LogP contribution is -2.58. The lowest BCUT2D eigenvalue weighted by molar-refractivity contribution is -0.0939. The van der Waals surface area contributed by atoms with E-state index in [1.54, 1.807) is 0 Å². The van der Waals surface area contributed by atoms with Gasteiger partial charge in [-0.2, -0.15) is 0 Å². The molecule has 1 aromatic rings. The van der Waals surface area contributed by atoms with Gasteiger partial charge < -0.3 is 18.8 Å². The lowest BCUT2D eigenvalue weighted by atomic mass is 9.68. The van der Waals surface area contributed by atoms with Gasteiger partial charge in [-0.05, 0) is 39.8 Å². The smallest absolute Gasteiger partial charge is 0.468 e. The van der Waals surface area contributed by atoms with Crippen LogP contribution in [0.2, 0.25) is 0 Å². The van der Waals surface area contributed by atoms with Crippen molar-refractivity contribution in [2.75, 3.05) is 20.0 Å². The van der Waals surface area contributed by atoms with Crippen LogP contribution in [0.1, 0.15) is 47.1 Å². The highest BCUT2D eigenvalue weighted by molar-refractivity contribution is 6.62. The van der Waals surface area contributed by atoms with E-state index in [2.05, 4.69) is 39.5 Å². The van der Waals surface area contributed by atoms with Gasteiger partial charge in [-0.3, -0.25) is 0 Å². The molecule has 0 aliphatic carbocycles. The van der Waals surface area contributed by atoms with Crippen molar-refractivity contribution in [1.82, 2.24) is 0 Å². The molecule has 0 aromatic heterocycles. The molecule has 1 aromatic carbocycles. The molecule has 0 radical (unpaired) electrons. The van der Waals surface area contributed by atoms with E-state index in [-0.39, 0.29) is 17.8 Å². The van der Waals surface area contributed by atoms with Crippen molar-refractivity contribution in [1.29, 1.82) is 0 Å². The van der Waals surface area contributed by atoms with Crippen LogP contribution in [0.3, 0.4) is 0 Å². The first-order chi connectivity index (χ1) is 11.3. The van der Waals surface area contributed by atoms with Gasteiger partial charge in [-0.15, -0.1) is 5.92 Å². The molecule has 4 nitrogen and oxygen atoms in total. The summed E-state index contributed by atoms with van der Waals surface area (Å²) in [7, 11) is -0.465. The summed E-state index contributed by atoms with van der Waals surface area (Å²) in [6.07, 6.45) is 0. The van der Waals surface area contributed by atoms with Crippen molar-refractivity contribution in [2.45, 2.75) is 47.1 Å². The molecule has 0 unspecified atom stereocenters. The van der Waals surface area contributed by atoms with Crippen molar-refractivity contribution in [2.24, 2.45) is 5.41 Å². The Labute approximate surface area is 146 Å². The van der Waals surface area contributed by atoms with Crippen LogP contribution in [-0.2, 0) is 14.0 Å². The maximum atomic E-state index is 6.24. The van der Waals surface area contributed by atoms with E-state index in [0.717, 1.165) is 11.0 Å². The Kier molecular flexibility index (Phi) is 5.98. The summed E-state index contributed by atoms with van der Waals surface area (Å²) in [6, 6.07) is 5.82. The molecule has 1 aliphatic heterocycles. The molecule has 24 heavy (non-hydrogen) atoms. The zero-order valence-corrected chi connectivity index (χ0v) is 15.6. The molecule has 0 bridgehead atoms. The van der Waals surface area contributed by atoms with Crippen LogP contribution in [0.4, 0.5) is 0 Å². The Bertz CT molecular complexity index is 628. The fraction of sp³-hybridized carbons (Fsp3) is 0.579. The zero-order chi connectivity index (χ0) is 17.8. The molecule has 2 rings (SSSR count). The average molecular weight is 330 g/mol. The molecule has 1 fully saturated rings. The lowest BCUT2D eigenvalue weighted by Gasteiger charge is -2.47. The van der Waals surface area contributed by atoms with Gasteiger partial charge in [0.05, 0.1) is 5.60 Å². The Balaban J connectivity index is 2.29. The van der Waals surface area contributed by atoms with Gasteiger partial charge in [-0.25, -0.2) is 0 Å². The summed E-state index contributed by atoms with van der Waals surface area (Å²) >= 11 is 0. The highest BCUT2D eigenvalue weighted by atomic mass is 16.7. The first-order valence-electron chi connectivity index (χ1n) is 8.37. The van der Waals surface area contributed by atoms with Gasteiger partial charge >= 0.3 is 7.12 Å². The van der Waals surface area contributed by atoms with E-state index < -0.39 is 7.12 Å². The number of rotatable bonds is 5. The maximum absolute atomic E-state index is 6.24. The van der Waals surface area contributed by atoms with Gasteiger partial charge in [0.15, 0.2) is 6.79 Å². The zero-order valence-electron chi connectivity index (χ0n) is 15.6. The van der Waals surface area contributed by atoms with E-state index in [4.69, 9.17) is 18.8 Å². The predicted molar refractivity (Wildman–Crippen MR) is 96.4 cm³/mol. The molecular weight excluding hydrogens is 303 g/mol. The van der Waals surface area contributed by atoms with Crippen LogP contribution >= 0.6 is 0 Å². The first-order valence-corrected chi connectivity index (χ1v) is 8.37. The van der Waals surface area contributed by atoms with E-state index in [1.165, 1.54) is 0 Å². The molecule has 130 valence electrons. The van der Waals surface area contributed by atoms with Crippen LogP contribution in [0, 0.1) is 17.3 Å². The van der Waals surface area contributed by atoms with Crippen molar-refractivity contribution in [3.8, 4) is 17.6 Å². The third kappa shape index (κ3) is 4.13. The van der Waals surface area contributed by atoms with Gasteiger partial charge in [0.1, 0.15) is 5.75 Å². The number of hydrogen-bond donors (Lipinski definition) is 0. The van der Waals surface area contributed by atoms with Crippen molar-refractivity contribution >= 4 is 12.6 Å². The summed E-state index contributed by atoms with van der Waals surface area (Å²) in [5.41, 5.74) is 1.38. The molecule has 0 saturated carbocycles. The number of hydrogen-bond acceptors (Lipinski definition) is 4. The van der Waals surface area contributed by atoms with Gasteiger partial charge in [0.2, 0.25) is 0 Å². The molecule has 5 heteroatoms. The number of ether oxygens (including phenoxy) is 2. The molecule has 1 saturated heterocycles. The molecule has 0 amide bonds. The fourth-order valence-electron chi connectivity index (χ4n) is 2.34. The molecule has 0 spiro atoms. The predicted octanol–water partition coefficient (Wildman–Crippen LogP) is 2.98. The van der Waals surface area contributed by atoms with Crippen LogP contribution < -0.4 is 10.2 Å². The van der Waals surface area contributed by atoms with E-state index >= 15 is 0 Å². The third-order valence-electron chi connectivity index (χ3n) is 4.67. The minimum absolute atomic E-state index is 0.0660. The molecule has 1 aliphatic rings. The van der Waals surface area contributed by atoms with Crippen molar-refractivity contribution < 1.29 is 18.8 Å². The second kappa shape index (κ2) is 7.61. The molecular formula is C19H27BO4.